The van der Waals surface area contributed by atoms with Crippen LogP contribution in [-0.4, -0.2) is 57.4 Å². The Labute approximate surface area is 228 Å². The molecule has 0 bridgehead atoms. The summed E-state index contributed by atoms with van der Waals surface area (Å²) in [4.78, 5) is 12.9. The Kier molecular flexibility index (Phi) is 6.54. The zero-order valence-electron chi connectivity index (χ0n) is 24.8. The molecule has 214 valence electrons. The maximum atomic E-state index is 12.9. The number of aliphatic hydroxyl groups excluding tert-OH is 1. The van der Waals surface area contributed by atoms with E-state index in [0.717, 1.165) is 32.1 Å². The van der Waals surface area contributed by atoms with Crippen LogP contribution in [0, 0.1) is 33.5 Å². The number of Topliss-reactive ketones (excluding diaryl/α,β-unsaturated/α-hetero) is 1. The summed E-state index contributed by atoms with van der Waals surface area (Å²) in [7, 11) is 0. The van der Waals surface area contributed by atoms with E-state index < -0.39 is 29.7 Å². The third-order valence-electron chi connectivity index (χ3n) is 12.2. The van der Waals surface area contributed by atoms with Gasteiger partial charge in [0, 0.05) is 24.9 Å². The van der Waals surface area contributed by atoms with Gasteiger partial charge in [0.2, 0.25) is 0 Å². The van der Waals surface area contributed by atoms with E-state index in [1.165, 1.54) is 11.1 Å². The van der Waals surface area contributed by atoms with Crippen LogP contribution in [0.25, 0.3) is 0 Å². The summed E-state index contributed by atoms with van der Waals surface area (Å²) in [6, 6.07) is 0. The first-order chi connectivity index (χ1) is 17.5. The highest BCUT2D eigenvalue weighted by atomic mass is 16.7. The van der Waals surface area contributed by atoms with E-state index in [1.807, 2.05) is 6.92 Å². The predicted octanol–water partition coefficient (Wildman–Crippen LogP) is 5.10. The Hall–Kier alpha value is -1.05. The van der Waals surface area contributed by atoms with Gasteiger partial charge in [-0.2, -0.15) is 0 Å². The van der Waals surface area contributed by atoms with Crippen molar-refractivity contribution in [2.24, 2.45) is 33.5 Å². The number of fused-ring (bicyclic) bond motifs is 5. The zero-order valence-corrected chi connectivity index (χ0v) is 24.8. The topological polar surface area (TPSA) is 96.2 Å². The monoisotopic (exact) mass is 530 g/mol. The molecule has 1 heterocycles. The van der Waals surface area contributed by atoms with Gasteiger partial charge in [-0.3, -0.25) is 4.79 Å². The molecule has 5 rings (SSSR count). The predicted molar refractivity (Wildman–Crippen MR) is 146 cm³/mol. The van der Waals surface area contributed by atoms with E-state index in [2.05, 4.69) is 46.8 Å². The number of ketones is 1. The van der Waals surface area contributed by atoms with Crippen LogP contribution in [0.5, 0.6) is 0 Å². The molecule has 0 spiro atoms. The number of allylic oxidation sites excluding steroid dienone is 4. The lowest BCUT2D eigenvalue weighted by Crippen LogP contribution is -2.56. The van der Waals surface area contributed by atoms with Gasteiger partial charge in [-0.25, -0.2) is 0 Å². The van der Waals surface area contributed by atoms with Gasteiger partial charge >= 0.3 is 0 Å². The van der Waals surface area contributed by atoms with Crippen molar-refractivity contribution >= 4 is 5.78 Å². The van der Waals surface area contributed by atoms with Gasteiger partial charge in [-0.05, 0) is 92.1 Å². The van der Waals surface area contributed by atoms with Crippen LogP contribution in [0.1, 0.15) is 100 Å². The Morgan fingerprint density at radius 3 is 2.42 bits per heavy atom. The Bertz CT molecular complexity index is 1050. The lowest BCUT2D eigenvalue weighted by atomic mass is 9.44. The maximum absolute atomic E-state index is 12.9. The molecule has 1 saturated heterocycles. The third-order valence-corrected chi connectivity index (χ3v) is 12.2. The fourth-order valence-corrected chi connectivity index (χ4v) is 9.63. The van der Waals surface area contributed by atoms with Crippen LogP contribution in [0.3, 0.4) is 0 Å². The molecule has 0 aromatic rings. The Balaban J connectivity index is 1.52. The van der Waals surface area contributed by atoms with Gasteiger partial charge < -0.3 is 24.8 Å². The van der Waals surface area contributed by atoms with Crippen LogP contribution >= 0.6 is 0 Å². The molecule has 2 saturated carbocycles. The van der Waals surface area contributed by atoms with E-state index in [4.69, 9.17) is 9.47 Å². The van der Waals surface area contributed by atoms with Crippen LogP contribution in [-0.2, 0) is 14.3 Å². The molecule has 0 aromatic carbocycles. The highest BCUT2D eigenvalue weighted by Gasteiger charge is 2.69. The van der Waals surface area contributed by atoms with Crippen LogP contribution in [0.15, 0.2) is 23.3 Å². The van der Waals surface area contributed by atoms with E-state index >= 15 is 0 Å². The summed E-state index contributed by atoms with van der Waals surface area (Å²) in [6.45, 7) is 16.8. The molecule has 6 heteroatoms. The first kappa shape index (κ1) is 28.5. The van der Waals surface area contributed by atoms with Crippen molar-refractivity contribution in [2.45, 2.75) is 130 Å². The quantitative estimate of drug-likeness (QED) is 0.458. The lowest BCUT2D eigenvalue weighted by Gasteiger charge is -2.60. The summed E-state index contributed by atoms with van der Waals surface area (Å²) in [5, 5.41) is 33.8. The molecule has 0 aromatic heterocycles. The Morgan fingerprint density at radius 2 is 1.79 bits per heavy atom. The zero-order chi connectivity index (χ0) is 28.1. The van der Waals surface area contributed by atoms with Crippen LogP contribution in [0.2, 0.25) is 0 Å². The molecule has 9 atom stereocenters. The van der Waals surface area contributed by atoms with Gasteiger partial charge in [-0.15, -0.1) is 0 Å². The number of hydrogen-bond acceptors (Lipinski definition) is 6. The van der Waals surface area contributed by atoms with Crippen molar-refractivity contribution in [2.75, 3.05) is 6.61 Å². The molecule has 3 N–H and O–H groups in total. The third kappa shape index (κ3) is 3.66. The summed E-state index contributed by atoms with van der Waals surface area (Å²) < 4.78 is 12.1. The largest absolute Gasteiger partial charge is 0.388 e. The first-order valence-corrected chi connectivity index (χ1v) is 14.8. The minimum absolute atomic E-state index is 0.0208. The van der Waals surface area contributed by atoms with Gasteiger partial charge in [0.15, 0.2) is 6.29 Å². The average Bonchev–Trinajstić information content (AvgIpc) is 3.30. The van der Waals surface area contributed by atoms with Gasteiger partial charge in [-0.1, -0.05) is 46.8 Å². The minimum Gasteiger partial charge on any atom is -0.388 e. The highest BCUT2D eigenvalue weighted by molar-refractivity contribution is 5.86. The van der Waals surface area contributed by atoms with Gasteiger partial charge in [0.25, 0.3) is 0 Å². The second-order valence-corrected chi connectivity index (χ2v) is 14.9. The molecule has 3 fully saturated rings. The van der Waals surface area contributed by atoms with E-state index in [1.54, 1.807) is 13.8 Å². The van der Waals surface area contributed by atoms with Crippen molar-refractivity contribution in [3.63, 3.8) is 0 Å². The summed E-state index contributed by atoms with van der Waals surface area (Å²) >= 11 is 0. The number of hydrogen-bond donors (Lipinski definition) is 3. The second-order valence-electron chi connectivity index (χ2n) is 14.9. The fourth-order valence-electron chi connectivity index (χ4n) is 9.63. The van der Waals surface area contributed by atoms with Crippen LogP contribution < -0.4 is 0 Å². The molecule has 38 heavy (non-hydrogen) atoms. The molecule has 5 aliphatic rings. The second kappa shape index (κ2) is 8.72. The molecule has 6 nitrogen and oxygen atoms in total. The standard InChI is InChI=1S/C32H50O6/c1-9-37-26-32(36,18-21(38-26)25(34)28(4,5)35)23-13-17-30(7)20-10-11-22-27(2,3)24(33)14-15-29(22,6)19(20)12-16-31(23,30)8/h10,12,21-23,25-26,34-36H,9,11,13-18H2,1-8H3/t21-,22-,23+,25+,26-,29+,30+,31-,32+/m0/s1. The van der Waals surface area contributed by atoms with Gasteiger partial charge in [0.05, 0.1) is 11.7 Å². The fraction of sp³-hybridized carbons (Fsp3) is 0.844. The van der Waals surface area contributed by atoms with Crippen molar-refractivity contribution in [3.05, 3.63) is 23.3 Å². The van der Waals surface area contributed by atoms with E-state index in [0.29, 0.717) is 24.7 Å². The normalized spacial score (nSPS) is 47.1. The molecular formula is C32H50O6. The maximum Gasteiger partial charge on any atom is 0.187 e. The molecule has 1 aliphatic heterocycles. The molecular weight excluding hydrogens is 480 g/mol. The number of carbonyl (C=O) groups excluding carboxylic acids is 1. The molecule has 4 aliphatic carbocycles. The van der Waals surface area contributed by atoms with Crippen LogP contribution in [0.4, 0.5) is 0 Å². The van der Waals surface area contributed by atoms with Gasteiger partial charge in [0.1, 0.15) is 17.5 Å². The Morgan fingerprint density at radius 1 is 1.11 bits per heavy atom. The minimum atomic E-state index is -1.35. The first-order valence-electron chi connectivity index (χ1n) is 14.8. The molecule has 0 radical (unpaired) electrons. The van der Waals surface area contributed by atoms with Crippen molar-refractivity contribution < 1.29 is 29.6 Å². The molecule has 0 unspecified atom stereocenters. The summed E-state index contributed by atoms with van der Waals surface area (Å²) in [5.74, 6) is 0.595. The summed E-state index contributed by atoms with van der Waals surface area (Å²) in [6.07, 6.45) is 7.48. The molecule has 0 amide bonds. The van der Waals surface area contributed by atoms with E-state index in [-0.39, 0.29) is 34.0 Å². The average molecular weight is 531 g/mol. The lowest BCUT2D eigenvalue weighted by molar-refractivity contribution is -0.236. The number of rotatable bonds is 5. The highest BCUT2D eigenvalue weighted by Crippen LogP contribution is 2.72. The van der Waals surface area contributed by atoms with Crippen molar-refractivity contribution in [1.82, 2.24) is 0 Å². The number of carbonyl (C=O) groups is 1. The van der Waals surface area contributed by atoms with Crippen molar-refractivity contribution in [1.29, 1.82) is 0 Å². The smallest absolute Gasteiger partial charge is 0.187 e. The summed E-state index contributed by atoms with van der Waals surface area (Å²) in [5.41, 5.74) is -0.472. The SMILES string of the molecule is CCO[C@H]1O[C@H]([C@@H](O)C(C)(C)O)C[C@@]1(O)[C@@H]1CC[C@]2(C)C3=CC[C@H]4C(C)(C)C(=O)CC[C@]4(C)C3=CC[C@@]12C. The van der Waals surface area contributed by atoms with Crippen molar-refractivity contribution in [3.8, 4) is 0 Å². The number of ether oxygens (including phenoxy) is 2. The van der Waals surface area contributed by atoms with E-state index in [9.17, 15) is 20.1 Å². The number of aliphatic hydroxyl groups is 3.